The number of nitrogens with one attached hydrogen (secondary N) is 1. The lowest BCUT2D eigenvalue weighted by atomic mass is 10.2. The molecule has 0 aliphatic heterocycles. The zero-order valence-corrected chi connectivity index (χ0v) is 15.9. The second-order valence-electron chi connectivity index (χ2n) is 5.06. The summed E-state index contributed by atoms with van der Waals surface area (Å²) in [5.74, 6) is 3.20. The Morgan fingerprint density at radius 2 is 2.00 bits per heavy atom. The Bertz CT molecular complexity index is 861. The summed E-state index contributed by atoms with van der Waals surface area (Å²) in [6.45, 7) is -0.130. The molecule has 0 spiro atoms. The van der Waals surface area contributed by atoms with Gasteiger partial charge in [-0.15, -0.1) is 6.42 Å². The van der Waals surface area contributed by atoms with Crippen LogP contribution >= 0.6 is 23.2 Å². The molecule has 2 aromatic rings. The quantitative estimate of drug-likeness (QED) is 0.413. The van der Waals surface area contributed by atoms with Gasteiger partial charge in [0.05, 0.1) is 18.3 Å². The standard InChI is InChI=1S/C19H16Cl2N2O4/c1-3-8-26-19-16(21)9-13(10-17(19)25-2)11-22-23-18(24)12-27-15-6-4-14(20)5-7-15/h1,4-7,9-11H,8,12H2,2H3,(H,23,24)/b22-11-. The maximum absolute atomic E-state index is 11.8. The number of nitrogens with zero attached hydrogens (tertiary/aromatic N) is 1. The van der Waals surface area contributed by atoms with E-state index in [0.717, 1.165) is 0 Å². The lowest BCUT2D eigenvalue weighted by molar-refractivity contribution is -0.123. The highest BCUT2D eigenvalue weighted by atomic mass is 35.5. The van der Waals surface area contributed by atoms with Crippen molar-refractivity contribution in [2.24, 2.45) is 5.10 Å². The molecule has 0 fully saturated rings. The summed E-state index contributed by atoms with van der Waals surface area (Å²) in [6, 6.07) is 9.92. The fourth-order valence-electron chi connectivity index (χ4n) is 1.96. The van der Waals surface area contributed by atoms with Gasteiger partial charge in [-0.25, -0.2) is 5.43 Å². The highest BCUT2D eigenvalue weighted by Gasteiger charge is 2.11. The van der Waals surface area contributed by atoms with E-state index in [2.05, 4.69) is 16.4 Å². The maximum Gasteiger partial charge on any atom is 0.277 e. The van der Waals surface area contributed by atoms with Crippen LogP contribution in [0, 0.1) is 12.3 Å². The molecule has 0 heterocycles. The number of benzene rings is 2. The summed E-state index contributed by atoms with van der Waals surface area (Å²) >= 11 is 11.9. The average Bonchev–Trinajstić information content (AvgIpc) is 2.66. The molecule has 1 N–H and O–H groups in total. The first-order valence-electron chi connectivity index (χ1n) is 7.67. The van der Waals surface area contributed by atoms with Gasteiger partial charge in [-0.2, -0.15) is 5.10 Å². The number of carbonyl (C=O) groups excluding carboxylic acids is 1. The Balaban J connectivity index is 1.93. The molecule has 0 aromatic heterocycles. The summed E-state index contributed by atoms with van der Waals surface area (Å²) in [5.41, 5.74) is 2.96. The zero-order chi connectivity index (χ0) is 19.6. The van der Waals surface area contributed by atoms with Crippen molar-refractivity contribution in [3.63, 3.8) is 0 Å². The third-order valence-corrected chi connectivity index (χ3v) is 3.67. The molecule has 1 amide bonds. The van der Waals surface area contributed by atoms with Crippen LogP contribution in [0.15, 0.2) is 41.5 Å². The van der Waals surface area contributed by atoms with Gasteiger partial charge in [0.1, 0.15) is 12.4 Å². The number of carbonyl (C=O) groups is 1. The highest BCUT2D eigenvalue weighted by molar-refractivity contribution is 6.32. The lowest BCUT2D eigenvalue weighted by Gasteiger charge is -2.11. The third-order valence-electron chi connectivity index (χ3n) is 3.14. The second kappa shape index (κ2) is 10.3. The Labute approximate surface area is 167 Å². The van der Waals surface area contributed by atoms with Crippen LogP contribution in [0.1, 0.15) is 5.56 Å². The minimum atomic E-state index is -0.423. The molecule has 27 heavy (non-hydrogen) atoms. The van der Waals surface area contributed by atoms with Crippen molar-refractivity contribution in [3.05, 3.63) is 52.0 Å². The van der Waals surface area contributed by atoms with Gasteiger partial charge >= 0.3 is 0 Å². The normalized spacial score (nSPS) is 10.3. The van der Waals surface area contributed by atoms with Gasteiger partial charge in [0.25, 0.3) is 5.91 Å². The predicted molar refractivity (Wildman–Crippen MR) is 105 cm³/mol. The Morgan fingerprint density at radius 1 is 1.26 bits per heavy atom. The van der Waals surface area contributed by atoms with E-state index in [1.165, 1.54) is 13.3 Å². The Morgan fingerprint density at radius 3 is 2.67 bits per heavy atom. The van der Waals surface area contributed by atoms with Crippen LogP contribution < -0.4 is 19.6 Å². The van der Waals surface area contributed by atoms with Gasteiger partial charge in [0, 0.05) is 5.02 Å². The SMILES string of the molecule is C#CCOc1c(Cl)cc(/C=N\NC(=O)COc2ccc(Cl)cc2)cc1OC. The predicted octanol–water partition coefficient (Wildman–Crippen LogP) is 3.54. The van der Waals surface area contributed by atoms with Crippen LogP contribution in [0.3, 0.4) is 0 Å². The maximum atomic E-state index is 11.8. The number of hydrogen-bond acceptors (Lipinski definition) is 5. The highest BCUT2D eigenvalue weighted by Crippen LogP contribution is 2.35. The smallest absolute Gasteiger partial charge is 0.277 e. The summed E-state index contributed by atoms with van der Waals surface area (Å²) in [6.07, 6.45) is 6.59. The van der Waals surface area contributed by atoms with Crippen molar-refractivity contribution in [1.82, 2.24) is 5.43 Å². The number of halogens is 2. The van der Waals surface area contributed by atoms with Crippen molar-refractivity contribution in [2.75, 3.05) is 20.3 Å². The lowest BCUT2D eigenvalue weighted by Crippen LogP contribution is -2.24. The minimum Gasteiger partial charge on any atom is -0.493 e. The molecule has 0 aliphatic rings. The van der Waals surface area contributed by atoms with Gasteiger partial charge in [0.15, 0.2) is 18.1 Å². The number of methoxy groups -OCH3 is 1. The Kier molecular flexibility index (Phi) is 7.80. The molecular formula is C19H16Cl2N2O4. The van der Waals surface area contributed by atoms with Crippen LogP contribution in [0.4, 0.5) is 0 Å². The second-order valence-corrected chi connectivity index (χ2v) is 5.91. The summed E-state index contributed by atoms with van der Waals surface area (Å²) < 4.78 is 15.9. The molecule has 0 atom stereocenters. The van der Waals surface area contributed by atoms with E-state index in [9.17, 15) is 4.79 Å². The third kappa shape index (κ3) is 6.41. The number of hydrogen-bond donors (Lipinski definition) is 1. The number of ether oxygens (including phenoxy) is 3. The van der Waals surface area contributed by atoms with E-state index in [1.54, 1.807) is 36.4 Å². The zero-order valence-electron chi connectivity index (χ0n) is 14.4. The van der Waals surface area contributed by atoms with Crippen molar-refractivity contribution in [3.8, 4) is 29.6 Å². The van der Waals surface area contributed by atoms with E-state index < -0.39 is 5.91 Å². The molecule has 0 saturated heterocycles. The van der Waals surface area contributed by atoms with E-state index in [-0.39, 0.29) is 13.2 Å². The molecule has 8 heteroatoms. The number of terminal acetylenes is 1. The van der Waals surface area contributed by atoms with Crippen LogP contribution in [0.2, 0.25) is 10.0 Å². The van der Waals surface area contributed by atoms with Crippen LogP contribution in [0.25, 0.3) is 0 Å². The van der Waals surface area contributed by atoms with E-state index >= 15 is 0 Å². The molecule has 0 radical (unpaired) electrons. The molecule has 0 saturated carbocycles. The van der Waals surface area contributed by atoms with Gasteiger partial charge in [-0.05, 0) is 42.0 Å². The monoisotopic (exact) mass is 406 g/mol. The fourth-order valence-corrected chi connectivity index (χ4v) is 2.36. The largest absolute Gasteiger partial charge is 0.493 e. The molecule has 0 unspecified atom stereocenters. The number of rotatable bonds is 8. The first-order chi connectivity index (χ1) is 13.0. The molecule has 2 rings (SSSR count). The molecular weight excluding hydrogens is 391 g/mol. The van der Waals surface area contributed by atoms with Crippen LogP contribution in [-0.4, -0.2) is 32.4 Å². The van der Waals surface area contributed by atoms with E-state index in [0.29, 0.717) is 32.9 Å². The first kappa shape index (κ1) is 20.4. The van der Waals surface area contributed by atoms with Crippen LogP contribution in [-0.2, 0) is 4.79 Å². The number of hydrazone groups is 1. The van der Waals surface area contributed by atoms with Gasteiger partial charge in [-0.1, -0.05) is 29.1 Å². The van der Waals surface area contributed by atoms with Gasteiger partial charge in [0.2, 0.25) is 0 Å². The first-order valence-corrected chi connectivity index (χ1v) is 8.43. The number of amides is 1. The molecule has 140 valence electrons. The minimum absolute atomic E-state index is 0.0627. The average molecular weight is 407 g/mol. The molecule has 0 aliphatic carbocycles. The van der Waals surface area contributed by atoms with Crippen molar-refractivity contribution in [1.29, 1.82) is 0 Å². The summed E-state index contributed by atoms with van der Waals surface area (Å²) in [4.78, 5) is 11.8. The van der Waals surface area contributed by atoms with Crippen molar-refractivity contribution < 1.29 is 19.0 Å². The summed E-state index contributed by atoms with van der Waals surface area (Å²) in [5, 5.41) is 4.76. The van der Waals surface area contributed by atoms with Crippen molar-refractivity contribution in [2.45, 2.75) is 0 Å². The van der Waals surface area contributed by atoms with Gasteiger partial charge < -0.3 is 14.2 Å². The van der Waals surface area contributed by atoms with Crippen molar-refractivity contribution >= 4 is 35.3 Å². The topological polar surface area (TPSA) is 69.2 Å². The van der Waals surface area contributed by atoms with Crippen LogP contribution in [0.5, 0.6) is 17.2 Å². The Hall–Kier alpha value is -2.88. The molecule has 0 bridgehead atoms. The van der Waals surface area contributed by atoms with E-state index in [1.807, 2.05) is 0 Å². The molecule has 2 aromatic carbocycles. The fraction of sp³-hybridized carbons (Fsp3) is 0.158. The summed E-state index contributed by atoms with van der Waals surface area (Å²) in [7, 11) is 1.48. The van der Waals surface area contributed by atoms with E-state index in [4.69, 9.17) is 43.8 Å². The molecule has 6 nitrogen and oxygen atoms in total. The van der Waals surface area contributed by atoms with Gasteiger partial charge in [-0.3, -0.25) is 4.79 Å².